The first-order chi connectivity index (χ1) is 10.3. The molecular weight excluding hydrogens is 264 g/mol. The molecule has 2 aromatic rings. The largest absolute Gasteiger partial charge is 0.384 e. The van der Waals surface area contributed by atoms with Crippen LogP contribution in [0.2, 0.25) is 0 Å². The number of benzene rings is 2. The van der Waals surface area contributed by atoms with Gasteiger partial charge in [0, 0.05) is 12.2 Å². The summed E-state index contributed by atoms with van der Waals surface area (Å²) in [5.74, 6) is -0.911. The molecule has 1 fully saturated rings. The molecule has 4 heteroatoms. The molecule has 0 unspecified atom stereocenters. The number of rotatable bonds is 1. The molecule has 1 saturated heterocycles. The average molecular weight is 278 g/mol. The summed E-state index contributed by atoms with van der Waals surface area (Å²) in [6.45, 7) is 0.510. The number of para-hydroxylation sites is 2. The zero-order valence-electron chi connectivity index (χ0n) is 11.3. The van der Waals surface area contributed by atoms with Gasteiger partial charge in [-0.05, 0) is 23.8 Å². The van der Waals surface area contributed by atoms with Crippen LogP contribution >= 0.6 is 0 Å². The number of fused-ring (bicyclic) bond motifs is 3. The smallest absolute Gasteiger partial charge is 0.242 e. The van der Waals surface area contributed by atoms with Crippen LogP contribution < -0.4 is 10.2 Å². The van der Waals surface area contributed by atoms with E-state index >= 15 is 0 Å². The van der Waals surface area contributed by atoms with Gasteiger partial charge in [-0.1, -0.05) is 36.4 Å². The van der Waals surface area contributed by atoms with E-state index in [0.29, 0.717) is 12.2 Å². The van der Waals surface area contributed by atoms with Crippen LogP contribution in [0.3, 0.4) is 0 Å². The van der Waals surface area contributed by atoms with Gasteiger partial charge in [-0.15, -0.1) is 0 Å². The summed E-state index contributed by atoms with van der Waals surface area (Å²) >= 11 is 0. The molecule has 21 heavy (non-hydrogen) atoms. The second-order valence-electron chi connectivity index (χ2n) is 5.40. The Labute approximate surface area is 122 Å². The summed E-state index contributed by atoms with van der Waals surface area (Å²) in [5.41, 5.74) is 2.53. The number of imide groups is 1. The Balaban J connectivity index is 1.81. The van der Waals surface area contributed by atoms with Gasteiger partial charge in [-0.3, -0.25) is 9.59 Å². The third kappa shape index (κ3) is 1.69. The predicted molar refractivity (Wildman–Crippen MR) is 80.1 cm³/mol. The Bertz CT molecular complexity index is 727. The fourth-order valence-electron chi connectivity index (χ4n) is 3.26. The first kappa shape index (κ1) is 12.1. The first-order valence-electron chi connectivity index (χ1n) is 7.03. The topological polar surface area (TPSA) is 49.4 Å². The van der Waals surface area contributed by atoms with Crippen molar-refractivity contribution in [2.75, 3.05) is 16.8 Å². The number of anilines is 2. The molecule has 0 bridgehead atoms. The minimum Gasteiger partial charge on any atom is -0.384 e. The molecule has 4 nitrogen and oxygen atoms in total. The minimum absolute atomic E-state index is 0.113. The molecule has 2 atom stereocenters. The van der Waals surface area contributed by atoms with Crippen molar-refractivity contribution < 1.29 is 9.59 Å². The lowest BCUT2D eigenvalue weighted by Crippen LogP contribution is -2.32. The quantitative estimate of drug-likeness (QED) is 0.815. The highest BCUT2D eigenvalue weighted by Gasteiger charge is 2.50. The van der Waals surface area contributed by atoms with Crippen LogP contribution in [0.15, 0.2) is 54.6 Å². The highest BCUT2D eigenvalue weighted by atomic mass is 16.2. The molecule has 0 aliphatic carbocycles. The number of carbonyl (C=O) groups is 2. The Hall–Kier alpha value is -2.62. The van der Waals surface area contributed by atoms with Gasteiger partial charge in [0.05, 0.1) is 17.5 Å². The van der Waals surface area contributed by atoms with Gasteiger partial charge in [-0.2, -0.15) is 0 Å². The number of hydrogen-bond acceptors (Lipinski definition) is 3. The molecule has 0 radical (unpaired) electrons. The van der Waals surface area contributed by atoms with E-state index in [2.05, 4.69) is 5.32 Å². The van der Waals surface area contributed by atoms with Crippen LogP contribution in [-0.2, 0) is 9.59 Å². The summed E-state index contributed by atoms with van der Waals surface area (Å²) in [7, 11) is 0. The van der Waals surface area contributed by atoms with Gasteiger partial charge in [-0.25, -0.2) is 4.90 Å². The molecule has 0 spiro atoms. The molecule has 2 heterocycles. The third-order valence-corrected chi connectivity index (χ3v) is 4.25. The summed E-state index contributed by atoms with van der Waals surface area (Å²) < 4.78 is 0. The van der Waals surface area contributed by atoms with Crippen LogP contribution in [-0.4, -0.2) is 18.4 Å². The van der Waals surface area contributed by atoms with Crippen molar-refractivity contribution >= 4 is 23.2 Å². The van der Waals surface area contributed by atoms with Gasteiger partial charge < -0.3 is 5.32 Å². The van der Waals surface area contributed by atoms with Crippen molar-refractivity contribution in [1.82, 2.24) is 0 Å². The maximum atomic E-state index is 12.8. The molecule has 2 amide bonds. The lowest BCUT2D eigenvalue weighted by Gasteiger charge is -2.25. The first-order valence-corrected chi connectivity index (χ1v) is 7.03. The Morgan fingerprint density at radius 2 is 1.62 bits per heavy atom. The van der Waals surface area contributed by atoms with Crippen LogP contribution in [0.4, 0.5) is 11.4 Å². The number of hydrogen-bond donors (Lipinski definition) is 1. The number of carbonyl (C=O) groups excluding carboxylic acids is 2. The standard InChI is InChI=1S/C17H14N2O2/c20-16-13-10-18-14-9-5-4-8-12(14)15(13)17(21)19(16)11-6-2-1-3-7-11/h1-9,13,15,18H,10H2/t13-,15+/m0/s1. The van der Waals surface area contributed by atoms with E-state index in [4.69, 9.17) is 0 Å². The normalized spacial score (nSPS) is 23.5. The lowest BCUT2D eigenvalue weighted by molar-refractivity contribution is -0.122. The van der Waals surface area contributed by atoms with Crippen LogP contribution in [0.5, 0.6) is 0 Å². The van der Waals surface area contributed by atoms with Crippen molar-refractivity contribution in [3.05, 3.63) is 60.2 Å². The third-order valence-electron chi connectivity index (χ3n) is 4.25. The van der Waals surface area contributed by atoms with Gasteiger partial charge >= 0.3 is 0 Å². The molecule has 1 N–H and O–H groups in total. The Morgan fingerprint density at radius 3 is 2.43 bits per heavy atom. The average Bonchev–Trinajstić information content (AvgIpc) is 2.80. The SMILES string of the molecule is O=C1[C@H]2CNc3ccccc3[C@H]2C(=O)N1c1ccccc1. The van der Waals surface area contributed by atoms with E-state index in [1.165, 1.54) is 4.90 Å². The fraction of sp³-hybridized carbons (Fsp3) is 0.176. The molecule has 2 aliphatic rings. The fourth-order valence-corrected chi connectivity index (χ4v) is 3.26. The second-order valence-corrected chi connectivity index (χ2v) is 5.40. The molecule has 2 aromatic carbocycles. The van der Waals surface area contributed by atoms with Crippen molar-refractivity contribution in [2.24, 2.45) is 5.92 Å². The zero-order valence-corrected chi connectivity index (χ0v) is 11.3. The zero-order chi connectivity index (χ0) is 14.4. The van der Waals surface area contributed by atoms with Crippen molar-refractivity contribution in [1.29, 1.82) is 0 Å². The van der Waals surface area contributed by atoms with Gasteiger partial charge in [0.15, 0.2) is 0 Å². The van der Waals surface area contributed by atoms with E-state index in [-0.39, 0.29) is 23.7 Å². The summed E-state index contributed by atoms with van der Waals surface area (Å²) in [5, 5.41) is 3.26. The van der Waals surface area contributed by atoms with E-state index in [1.54, 1.807) is 12.1 Å². The molecule has 2 aliphatic heterocycles. The van der Waals surface area contributed by atoms with Crippen LogP contribution in [0, 0.1) is 5.92 Å². The summed E-state index contributed by atoms with van der Waals surface area (Å²) in [4.78, 5) is 26.7. The molecule has 0 aromatic heterocycles. The molecule has 0 saturated carbocycles. The highest BCUT2D eigenvalue weighted by Crippen LogP contribution is 2.43. The number of amides is 2. The van der Waals surface area contributed by atoms with Crippen LogP contribution in [0.25, 0.3) is 0 Å². The van der Waals surface area contributed by atoms with Gasteiger partial charge in [0.2, 0.25) is 11.8 Å². The van der Waals surface area contributed by atoms with E-state index < -0.39 is 0 Å². The van der Waals surface area contributed by atoms with Crippen molar-refractivity contribution in [3.63, 3.8) is 0 Å². The van der Waals surface area contributed by atoms with E-state index in [9.17, 15) is 9.59 Å². The molecule has 4 rings (SSSR count). The van der Waals surface area contributed by atoms with E-state index in [0.717, 1.165) is 11.3 Å². The molecule has 104 valence electrons. The monoisotopic (exact) mass is 278 g/mol. The maximum absolute atomic E-state index is 12.8. The van der Waals surface area contributed by atoms with Crippen LogP contribution in [0.1, 0.15) is 11.5 Å². The summed E-state index contributed by atoms with van der Waals surface area (Å²) in [6, 6.07) is 16.9. The number of nitrogens with one attached hydrogen (secondary N) is 1. The van der Waals surface area contributed by atoms with Crippen molar-refractivity contribution in [3.8, 4) is 0 Å². The maximum Gasteiger partial charge on any atom is 0.242 e. The van der Waals surface area contributed by atoms with E-state index in [1.807, 2.05) is 42.5 Å². The van der Waals surface area contributed by atoms with Crippen molar-refractivity contribution in [2.45, 2.75) is 5.92 Å². The predicted octanol–water partition coefficient (Wildman–Crippen LogP) is 2.39. The second kappa shape index (κ2) is 4.45. The summed E-state index contributed by atoms with van der Waals surface area (Å²) in [6.07, 6.45) is 0. The number of nitrogens with zero attached hydrogens (tertiary/aromatic N) is 1. The highest BCUT2D eigenvalue weighted by molar-refractivity contribution is 6.24. The molecular formula is C17H14N2O2. The lowest BCUT2D eigenvalue weighted by atomic mass is 9.84. The van der Waals surface area contributed by atoms with Gasteiger partial charge in [0.25, 0.3) is 0 Å². The minimum atomic E-state index is -0.366. The Kier molecular flexibility index (Phi) is 2.57. The Morgan fingerprint density at radius 1 is 0.905 bits per heavy atom. The van der Waals surface area contributed by atoms with Gasteiger partial charge in [0.1, 0.15) is 0 Å².